The van der Waals surface area contributed by atoms with E-state index in [2.05, 4.69) is 15.5 Å². The lowest BCUT2D eigenvalue weighted by atomic mass is 10.1. The maximum absolute atomic E-state index is 13.3. The van der Waals surface area contributed by atoms with Crippen LogP contribution in [-0.2, 0) is 4.79 Å². The van der Waals surface area contributed by atoms with Crippen LogP contribution in [0, 0.1) is 0 Å². The van der Waals surface area contributed by atoms with Crippen molar-refractivity contribution in [3.8, 4) is 5.69 Å². The third-order valence-corrected chi connectivity index (χ3v) is 2.41. The minimum atomic E-state index is -1.58. The number of carboxylic acids is 1. The van der Waals surface area contributed by atoms with Gasteiger partial charge in [-0.15, -0.1) is 5.10 Å². The summed E-state index contributed by atoms with van der Waals surface area (Å²) in [5.74, 6) is -2.76. The smallest absolute Gasteiger partial charge is 0.365 e. The lowest BCUT2D eigenvalue weighted by Crippen LogP contribution is -1.99. The Kier molecular flexibility index (Phi) is 3.13. The molecule has 92 valence electrons. The Bertz CT molecular complexity index is 607. The Morgan fingerprint density at radius 2 is 2.22 bits per heavy atom. The summed E-state index contributed by atoms with van der Waals surface area (Å²) in [5, 5.41) is 19.3. The highest BCUT2D eigenvalue weighted by Crippen LogP contribution is 2.21. The second-order valence-corrected chi connectivity index (χ2v) is 3.55. The van der Waals surface area contributed by atoms with Crippen molar-refractivity contribution in [1.29, 1.82) is 0 Å². The molecule has 18 heavy (non-hydrogen) atoms. The van der Waals surface area contributed by atoms with Crippen LogP contribution in [0.1, 0.15) is 12.5 Å². The molecule has 2 aromatic rings. The monoisotopic (exact) mass is 248 g/mol. The molecule has 0 aliphatic rings. The van der Waals surface area contributed by atoms with E-state index in [1.807, 2.05) is 0 Å². The van der Waals surface area contributed by atoms with Gasteiger partial charge in [0.25, 0.3) is 0 Å². The van der Waals surface area contributed by atoms with Gasteiger partial charge in [-0.05, 0) is 40.6 Å². The van der Waals surface area contributed by atoms with Gasteiger partial charge in [-0.3, -0.25) is 0 Å². The highest BCUT2D eigenvalue weighted by Gasteiger charge is 2.12. The van der Waals surface area contributed by atoms with Crippen LogP contribution >= 0.6 is 0 Å². The number of halogens is 1. The summed E-state index contributed by atoms with van der Waals surface area (Å²) in [7, 11) is 0. The molecule has 1 aromatic carbocycles. The van der Waals surface area contributed by atoms with Crippen LogP contribution in [0.3, 0.4) is 0 Å². The fourth-order valence-electron chi connectivity index (χ4n) is 1.45. The summed E-state index contributed by atoms with van der Waals surface area (Å²) >= 11 is 0. The molecule has 0 radical (unpaired) electrons. The van der Waals surface area contributed by atoms with Crippen molar-refractivity contribution >= 4 is 11.5 Å². The van der Waals surface area contributed by atoms with Crippen molar-refractivity contribution in [2.75, 3.05) is 0 Å². The second kappa shape index (κ2) is 4.74. The standard InChI is InChI=1S/C11H9FN4O2/c1-7(10(12)11(17)18)8-3-2-4-9(5-8)16-6-13-14-15-16/h2-6H,1H3,(H,17,18). The van der Waals surface area contributed by atoms with E-state index in [9.17, 15) is 9.18 Å². The predicted molar refractivity (Wildman–Crippen MR) is 60.5 cm³/mol. The van der Waals surface area contributed by atoms with Crippen molar-refractivity contribution < 1.29 is 14.3 Å². The molecule has 0 saturated carbocycles. The second-order valence-electron chi connectivity index (χ2n) is 3.55. The maximum atomic E-state index is 13.3. The van der Waals surface area contributed by atoms with Crippen LogP contribution in [0.15, 0.2) is 36.4 Å². The highest BCUT2D eigenvalue weighted by atomic mass is 19.1. The van der Waals surface area contributed by atoms with Gasteiger partial charge in [0, 0.05) is 0 Å². The van der Waals surface area contributed by atoms with Crippen LogP contribution < -0.4 is 0 Å². The summed E-state index contributed by atoms with van der Waals surface area (Å²) in [4.78, 5) is 10.6. The molecular weight excluding hydrogens is 239 g/mol. The number of nitrogens with zero attached hydrogens (tertiary/aromatic N) is 4. The first kappa shape index (κ1) is 11.9. The van der Waals surface area contributed by atoms with Crippen molar-refractivity contribution in [3.63, 3.8) is 0 Å². The largest absolute Gasteiger partial charge is 0.476 e. The molecule has 0 unspecified atom stereocenters. The number of allylic oxidation sites excluding steroid dienone is 1. The van der Waals surface area contributed by atoms with Crippen LogP contribution in [0.5, 0.6) is 0 Å². The van der Waals surface area contributed by atoms with E-state index in [0.717, 1.165) is 0 Å². The third kappa shape index (κ3) is 2.24. The van der Waals surface area contributed by atoms with Gasteiger partial charge in [-0.2, -0.15) is 4.39 Å². The van der Waals surface area contributed by atoms with Crippen LogP contribution in [0.2, 0.25) is 0 Å². The summed E-state index contributed by atoms with van der Waals surface area (Å²) in [6.07, 6.45) is 1.39. The van der Waals surface area contributed by atoms with Crippen molar-refractivity contribution in [2.45, 2.75) is 6.92 Å². The Hall–Kier alpha value is -2.57. The molecule has 1 heterocycles. The molecule has 0 aliphatic heterocycles. The first-order valence-corrected chi connectivity index (χ1v) is 5.03. The first-order chi connectivity index (χ1) is 8.59. The molecule has 0 amide bonds. The molecule has 0 spiro atoms. The molecule has 0 aliphatic carbocycles. The van der Waals surface area contributed by atoms with Gasteiger partial charge < -0.3 is 5.11 Å². The SMILES string of the molecule is CC(=C(F)C(=O)O)c1cccc(-n2cnnn2)c1. The zero-order valence-corrected chi connectivity index (χ0v) is 9.41. The van der Waals surface area contributed by atoms with Gasteiger partial charge in [0.15, 0.2) is 0 Å². The number of hydrogen-bond acceptors (Lipinski definition) is 4. The van der Waals surface area contributed by atoms with E-state index >= 15 is 0 Å². The van der Waals surface area contributed by atoms with E-state index < -0.39 is 11.8 Å². The van der Waals surface area contributed by atoms with Gasteiger partial charge in [0.1, 0.15) is 6.33 Å². The Morgan fingerprint density at radius 1 is 1.44 bits per heavy atom. The minimum Gasteiger partial charge on any atom is -0.476 e. The first-order valence-electron chi connectivity index (χ1n) is 5.03. The summed E-state index contributed by atoms with van der Waals surface area (Å²) < 4.78 is 14.7. The number of hydrogen-bond donors (Lipinski definition) is 1. The fraction of sp³-hybridized carbons (Fsp3) is 0.0909. The maximum Gasteiger partial charge on any atom is 0.365 e. The molecule has 2 rings (SSSR count). The number of tetrazole rings is 1. The molecule has 0 atom stereocenters. The van der Waals surface area contributed by atoms with Gasteiger partial charge in [-0.1, -0.05) is 12.1 Å². The zero-order valence-electron chi connectivity index (χ0n) is 9.41. The predicted octanol–water partition coefficient (Wildman–Crippen LogP) is 1.45. The molecule has 0 saturated heterocycles. The van der Waals surface area contributed by atoms with Crippen molar-refractivity contribution in [3.05, 3.63) is 42.0 Å². The van der Waals surface area contributed by atoms with Crippen molar-refractivity contribution in [1.82, 2.24) is 20.2 Å². The molecule has 0 bridgehead atoms. The van der Waals surface area contributed by atoms with Gasteiger partial charge >= 0.3 is 5.97 Å². The zero-order chi connectivity index (χ0) is 13.1. The number of carboxylic acid groups (broad SMARTS) is 1. The van der Waals surface area contributed by atoms with Crippen LogP contribution in [0.25, 0.3) is 11.3 Å². The average Bonchev–Trinajstić information content (AvgIpc) is 2.91. The van der Waals surface area contributed by atoms with E-state index in [-0.39, 0.29) is 5.57 Å². The topological polar surface area (TPSA) is 80.9 Å². The fourth-order valence-corrected chi connectivity index (χ4v) is 1.45. The lowest BCUT2D eigenvalue weighted by Gasteiger charge is -2.05. The van der Waals surface area contributed by atoms with Gasteiger partial charge in [0.05, 0.1) is 5.69 Å². The number of aromatic nitrogens is 4. The Morgan fingerprint density at radius 3 is 2.83 bits per heavy atom. The summed E-state index contributed by atoms with van der Waals surface area (Å²) in [6, 6.07) is 6.62. The third-order valence-electron chi connectivity index (χ3n) is 2.41. The molecule has 6 nitrogen and oxygen atoms in total. The molecule has 1 N–H and O–H groups in total. The van der Waals surface area contributed by atoms with Crippen molar-refractivity contribution in [2.24, 2.45) is 0 Å². The van der Waals surface area contributed by atoms with E-state index in [1.54, 1.807) is 24.3 Å². The summed E-state index contributed by atoms with van der Waals surface area (Å²) in [6.45, 7) is 1.40. The van der Waals surface area contributed by atoms with Gasteiger partial charge in [0.2, 0.25) is 5.83 Å². The lowest BCUT2D eigenvalue weighted by molar-refractivity contribution is -0.134. The number of carbonyl (C=O) groups is 1. The van der Waals surface area contributed by atoms with E-state index in [0.29, 0.717) is 11.3 Å². The van der Waals surface area contributed by atoms with Crippen LogP contribution in [0.4, 0.5) is 4.39 Å². The number of benzene rings is 1. The minimum absolute atomic E-state index is 0.0532. The average molecular weight is 248 g/mol. The molecule has 1 aromatic heterocycles. The van der Waals surface area contributed by atoms with E-state index in [1.165, 1.54) is 17.9 Å². The summed E-state index contributed by atoms with van der Waals surface area (Å²) in [5.41, 5.74) is 1.13. The van der Waals surface area contributed by atoms with Crippen LogP contribution in [-0.4, -0.2) is 31.3 Å². The number of aliphatic carboxylic acids is 1. The number of rotatable bonds is 3. The van der Waals surface area contributed by atoms with Gasteiger partial charge in [-0.25, -0.2) is 9.48 Å². The molecule has 7 heteroatoms. The normalized spacial score (nSPS) is 12.1. The van der Waals surface area contributed by atoms with E-state index in [4.69, 9.17) is 5.11 Å². The quantitative estimate of drug-likeness (QED) is 0.831. The molecule has 0 fully saturated rings. The Balaban J connectivity index is 2.46. The highest BCUT2D eigenvalue weighted by molar-refractivity contribution is 5.93. The Labute approximate surface area is 101 Å². The molecular formula is C11H9FN4O2.